The van der Waals surface area contributed by atoms with Crippen molar-refractivity contribution < 1.29 is 19.0 Å². The summed E-state index contributed by atoms with van der Waals surface area (Å²) in [6.07, 6.45) is 2.44. The number of esters is 1. The molecule has 1 aliphatic rings. The number of methoxy groups -OCH3 is 1. The number of benzene rings is 2. The van der Waals surface area contributed by atoms with Crippen LogP contribution in [-0.4, -0.2) is 43.7 Å². The highest BCUT2D eigenvalue weighted by molar-refractivity contribution is 6.30. The second-order valence-electron chi connectivity index (χ2n) is 6.54. The highest BCUT2D eigenvalue weighted by atomic mass is 35.5. The third-order valence-corrected chi connectivity index (χ3v) is 4.74. The minimum atomic E-state index is -0.150. The summed E-state index contributed by atoms with van der Waals surface area (Å²) in [6.45, 7) is 2.76. The fourth-order valence-corrected chi connectivity index (χ4v) is 3.19. The van der Waals surface area contributed by atoms with Crippen LogP contribution >= 0.6 is 11.6 Å². The molecule has 0 aliphatic carbocycles. The van der Waals surface area contributed by atoms with E-state index in [4.69, 9.17) is 21.1 Å². The van der Waals surface area contributed by atoms with Crippen LogP contribution in [0.1, 0.15) is 19.3 Å². The molecule has 2 aromatic carbocycles. The van der Waals surface area contributed by atoms with Crippen LogP contribution in [0, 0.1) is 0 Å². The topological polar surface area (TPSA) is 48.0 Å². The number of carbonyl (C=O) groups is 1. The number of likely N-dealkylation sites (tertiary alicyclic amines) is 1. The molecule has 1 aliphatic heterocycles. The Bertz CT molecular complexity index is 733. The van der Waals surface area contributed by atoms with Crippen molar-refractivity contribution in [1.29, 1.82) is 0 Å². The maximum absolute atomic E-state index is 11.2. The van der Waals surface area contributed by atoms with E-state index in [-0.39, 0.29) is 12.1 Å². The lowest BCUT2D eigenvalue weighted by atomic mass is 10.3. The number of rotatable bonds is 8. The molecule has 27 heavy (non-hydrogen) atoms. The van der Waals surface area contributed by atoms with Crippen molar-refractivity contribution in [2.24, 2.45) is 0 Å². The van der Waals surface area contributed by atoms with E-state index in [1.165, 1.54) is 7.11 Å². The van der Waals surface area contributed by atoms with Gasteiger partial charge in [-0.3, -0.25) is 9.69 Å². The highest BCUT2D eigenvalue weighted by Gasteiger charge is 2.23. The Balaban J connectivity index is 1.43. The molecule has 1 fully saturated rings. The van der Waals surface area contributed by atoms with Crippen molar-refractivity contribution >= 4 is 17.6 Å². The van der Waals surface area contributed by atoms with Gasteiger partial charge in [0.05, 0.1) is 7.11 Å². The average Bonchev–Trinajstić information content (AvgIpc) is 3.12. The summed E-state index contributed by atoms with van der Waals surface area (Å²) >= 11 is 5.88. The van der Waals surface area contributed by atoms with Crippen LogP contribution in [0.3, 0.4) is 0 Å². The Morgan fingerprint density at radius 3 is 2.37 bits per heavy atom. The number of halogens is 1. The summed E-state index contributed by atoms with van der Waals surface area (Å²) in [6, 6.07) is 14.9. The second kappa shape index (κ2) is 9.62. The molecule has 0 unspecified atom stereocenters. The molecule has 0 amide bonds. The maximum Gasteiger partial charge on any atom is 0.305 e. The Labute approximate surface area is 164 Å². The summed E-state index contributed by atoms with van der Waals surface area (Å²) in [4.78, 5) is 13.5. The molecule has 0 aromatic heterocycles. The largest absolute Gasteiger partial charge is 0.489 e. The first-order valence-corrected chi connectivity index (χ1v) is 9.49. The molecule has 144 valence electrons. The zero-order valence-electron chi connectivity index (χ0n) is 15.4. The van der Waals surface area contributed by atoms with Gasteiger partial charge >= 0.3 is 5.97 Å². The van der Waals surface area contributed by atoms with Gasteiger partial charge in [0, 0.05) is 24.5 Å². The van der Waals surface area contributed by atoms with Gasteiger partial charge in [0.1, 0.15) is 23.4 Å². The highest BCUT2D eigenvalue weighted by Crippen LogP contribution is 2.26. The molecule has 5 nitrogen and oxygen atoms in total. The molecule has 2 aromatic rings. The zero-order chi connectivity index (χ0) is 19.1. The fraction of sp³-hybridized carbons (Fsp3) is 0.381. The van der Waals surface area contributed by atoms with Gasteiger partial charge in [0.25, 0.3) is 0 Å². The lowest BCUT2D eigenvalue weighted by Crippen LogP contribution is -2.26. The Kier molecular flexibility index (Phi) is 6.96. The van der Waals surface area contributed by atoms with E-state index >= 15 is 0 Å². The smallest absolute Gasteiger partial charge is 0.305 e. The third kappa shape index (κ3) is 6.15. The summed E-state index contributed by atoms with van der Waals surface area (Å²) in [5.41, 5.74) is 0. The van der Waals surface area contributed by atoms with Gasteiger partial charge in [-0.05, 0) is 67.9 Å². The first-order valence-electron chi connectivity index (χ1n) is 9.12. The number of carbonyl (C=O) groups excluding carboxylic acids is 1. The molecule has 0 radical (unpaired) electrons. The minimum absolute atomic E-state index is 0.150. The molecule has 3 rings (SSSR count). The lowest BCUT2D eigenvalue weighted by Gasteiger charge is -2.17. The van der Waals surface area contributed by atoms with E-state index in [1.54, 1.807) is 12.1 Å². The second-order valence-corrected chi connectivity index (χ2v) is 6.97. The summed E-state index contributed by atoms with van der Waals surface area (Å²) < 4.78 is 16.5. The monoisotopic (exact) mass is 389 g/mol. The van der Waals surface area contributed by atoms with Crippen LogP contribution in [0.2, 0.25) is 5.02 Å². The number of hydrogen-bond donors (Lipinski definition) is 0. The molecule has 0 spiro atoms. The first kappa shape index (κ1) is 19.5. The average molecular weight is 390 g/mol. The van der Waals surface area contributed by atoms with E-state index in [2.05, 4.69) is 9.64 Å². The third-order valence-electron chi connectivity index (χ3n) is 4.49. The van der Waals surface area contributed by atoms with Crippen molar-refractivity contribution in [3.63, 3.8) is 0 Å². The predicted octanol–water partition coefficient (Wildman–Crippen LogP) is 4.54. The maximum atomic E-state index is 11.2. The molecular formula is C21H24ClNO4. The van der Waals surface area contributed by atoms with Crippen LogP contribution in [0.25, 0.3) is 0 Å². The van der Waals surface area contributed by atoms with E-state index in [0.29, 0.717) is 11.4 Å². The van der Waals surface area contributed by atoms with Crippen molar-refractivity contribution in [2.75, 3.05) is 26.7 Å². The summed E-state index contributed by atoms with van der Waals surface area (Å²) in [5, 5.41) is 0.682. The van der Waals surface area contributed by atoms with Gasteiger partial charge < -0.3 is 14.2 Å². The summed E-state index contributed by atoms with van der Waals surface area (Å²) in [7, 11) is 1.42. The van der Waals surface area contributed by atoms with Gasteiger partial charge in [-0.1, -0.05) is 11.6 Å². The van der Waals surface area contributed by atoms with Crippen molar-refractivity contribution in [1.82, 2.24) is 4.90 Å². The number of hydrogen-bond acceptors (Lipinski definition) is 5. The molecule has 6 heteroatoms. The quantitative estimate of drug-likeness (QED) is 0.620. The lowest BCUT2D eigenvalue weighted by molar-refractivity contribution is -0.140. The van der Waals surface area contributed by atoms with Crippen LogP contribution < -0.4 is 9.47 Å². The minimum Gasteiger partial charge on any atom is -0.489 e. The number of ether oxygens (including phenoxy) is 3. The van der Waals surface area contributed by atoms with Crippen LogP contribution in [0.15, 0.2) is 48.5 Å². The SMILES string of the molecule is COC(=O)CCCN1CC[C@@H](Oc2ccc(Oc3ccc(Cl)cc3)cc2)C1. The van der Waals surface area contributed by atoms with E-state index in [1.807, 2.05) is 36.4 Å². The van der Waals surface area contributed by atoms with E-state index in [0.717, 1.165) is 49.7 Å². The van der Waals surface area contributed by atoms with Crippen LogP contribution in [0.5, 0.6) is 17.2 Å². The molecular weight excluding hydrogens is 366 g/mol. The standard InChI is InChI=1S/C21H24ClNO4/c1-25-21(24)3-2-13-23-14-12-20(15-23)27-19-10-8-18(9-11-19)26-17-6-4-16(22)5-7-17/h4-11,20H,2-3,12-15H2,1H3/t20-/m1/s1. The Morgan fingerprint density at radius 1 is 1.07 bits per heavy atom. The van der Waals surface area contributed by atoms with Gasteiger partial charge in [-0.25, -0.2) is 0 Å². The van der Waals surface area contributed by atoms with Crippen molar-refractivity contribution in [3.8, 4) is 17.2 Å². The fourth-order valence-electron chi connectivity index (χ4n) is 3.06. The molecule has 1 heterocycles. The Morgan fingerprint density at radius 2 is 1.70 bits per heavy atom. The van der Waals surface area contributed by atoms with Gasteiger partial charge in [-0.15, -0.1) is 0 Å². The molecule has 0 bridgehead atoms. The molecule has 0 N–H and O–H groups in total. The number of nitrogens with zero attached hydrogens (tertiary/aromatic N) is 1. The van der Waals surface area contributed by atoms with E-state index < -0.39 is 0 Å². The van der Waals surface area contributed by atoms with Crippen molar-refractivity contribution in [2.45, 2.75) is 25.4 Å². The normalized spacial score (nSPS) is 16.9. The van der Waals surface area contributed by atoms with Crippen LogP contribution in [0.4, 0.5) is 0 Å². The van der Waals surface area contributed by atoms with Gasteiger partial charge in [0.15, 0.2) is 0 Å². The predicted molar refractivity (Wildman–Crippen MR) is 105 cm³/mol. The molecule has 1 atom stereocenters. The first-order chi connectivity index (χ1) is 13.1. The van der Waals surface area contributed by atoms with Crippen LogP contribution in [-0.2, 0) is 9.53 Å². The van der Waals surface area contributed by atoms with Gasteiger partial charge in [-0.2, -0.15) is 0 Å². The van der Waals surface area contributed by atoms with Crippen molar-refractivity contribution in [3.05, 3.63) is 53.6 Å². The van der Waals surface area contributed by atoms with E-state index in [9.17, 15) is 4.79 Å². The molecule has 0 saturated carbocycles. The summed E-state index contributed by atoms with van der Waals surface area (Å²) in [5.74, 6) is 2.18. The zero-order valence-corrected chi connectivity index (χ0v) is 16.2. The molecule has 1 saturated heterocycles. The van der Waals surface area contributed by atoms with Gasteiger partial charge in [0.2, 0.25) is 0 Å². The Hall–Kier alpha value is -2.24.